The highest BCUT2D eigenvalue weighted by molar-refractivity contribution is 5.79. The van der Waals surface area contributed by atoms with Gasteiger partial charge in [-0.1, -0.05) is 18.2 Å². The van der Waals surface area contributed by atoms with E-state index in [1.54, 1.807) is 0 Å². The average molecular weight is 218 g/mol. The first kappa shape index (κ1) is 11.1. The smallest absolute Gasteiger partial charge is 0.234 e. The summed E-state index contributed by atoms with van der Waals surface area (Å²) in [6, 6.07) is 5.84. The molecule has 86 valence electrons. The number of aryl methyl sites for hydroxylation is 2. The van der Waals surface area contributed by atoms with Crippen LogP contribution >= 0.6 is 0 Å². The Morgan fingerprint density at radius 2 is 1.94 bits per heavy atom. The van der Waals surface area contributed by atoms with E-state index in [0.29, 0.717) is 6.42 Å². The molecule has 0 radical (unpaired) electrons. The number of benzene rings is 1. The van der Waals surface area contributed by atoms with E-state index in [0.717, 1.165) is 12.0 Å². The van der Waals surface area contributed by atoms with E-state index in [1.807, 2.05) is 0 Å². The third kappa shape index (κ3) is 2.42. The highest BCUT2D eigenvalue weighted by Gasteiger charge is 2.13. The van der Waals surface area contributed by atoms with Crippen LogP contribution in [0.2, 0.25) is 0 Å². The standard InChI is InChI=1S/C13H18N2O/c14-12(13(15)16)8-9-5-6-10-3-1-2-4-11(10)7-9/h5-7,12H,1-4,8,14H2,(H2,15,16). The third-order valence-corrected chi connectivity index (χ3v) is 3.23. The van der Waals surface area contributed by atoms with Crippen LogP contribution in [-0.4, -0.2) is 11.9 Å². The topological polar surface area (TPSA) is 69.1 Å². The Morgan fingerprint density at radius 1 is 1.25 bits per heavy atom. The maximum atomic E-state index is 10.9. The van der Waals surface area contributed by atoms with Gasteiger partial charge in [-0.15, -0.1) is 0 Å². The molecule has 0 saturated carbocycles. The van der Waals surface area contributed by atoms with Crippen molar-refractivity contribution in [2.75, 3.05) is 0 Å². The van der Waals surface area contributed by atoms with Crippen molar-refractivity contribution < 1.29 is 4.79 Å². The molecule has 1 aromatic carbocycles. The van der Waals surface area contributed by atoms with Crippen molar-refractivity contribution >= 4 is 5.91 Å². The van der Waals surface area contributed by atoms with Gasteiger partial charge in [0, 0.05) is 0 Å². The minimum absolute atomic E-state index is 0.433. The molecular weight excluding hydrogens is 200 g/mol. The molecule has 0 heterocycles. The fourth-order valence-electron chi connectivity index (χ4n) is 2.27. The third-order valence-electron chi connectivity index (χ3n) is 3.23. The SMILES string of the molecule is NC(=O)C(N)Cc1ccc2c(c1)CCCC2. The van der Waals surface area contributed by atoms with Crippen molar-refractivity contribution in [3.63, 3.8) is 0 Å². The van der Waals surface area contributed by atoms with Crippen molar-refractivity contribution in [2.45, 2.75) is 38.1 Å². The molecule has 1 aliphatic rings. The van der Waals surface area contributed by atoms with Crippen LogP contribution in [0.3, 0.4) is 0 Å². The predicted molar refractivity (Wildman–Crippen MR) is 64.0 cm³/mol. The van der Waals surface area contributed by atoms with E-state index < -0.39 is 11.9 Å². The lowest BCUT2D eigenvalue weighted by Crippen LogP contribution is -2.38. The maximum Gasteiger partial charge on any atom is 0.234 e. The fraction of sp³-hybridized carbons (Fsp3) is 0.462. The van der Waals surface area contributed by atoms with Gasteiger partial charge in [0.15, 0.2) is 0 Å². The van der Waals surface area contributed by atoms with E-state index in [2.05, 4.69) is 18.2 Å². The largest absolute Gasteiger partial charge is 0.368 e. The van der Waals surface area contributed by atoms with Crippen LogP contribution in [0.5, 0.6) is 0 Å². The number of carbonyl (C=O) groups is 1. The number of rotatable bonds is 3. The molecule has 0 aliphatic heterocycles. The second-order valence-corrected chi connectivity index (χ2v) is 4.52. The number of hydrogen-bond donors (Lipinski definition) is 2. The fourth-order valence-corrected chi connectivity index (χ4v) is 2.27. The maximum absolute atomic E-state index is 10.9. The van der Waals surface area contributed by atoms with Gasteiger partial charge in [-0.25, -0.2) is 0 Å². The molecule has 1 amide bonds. The van der Waals surface area contributed by atoms with Crippen molar-refractivity contribution in [1.82, 2.24) is 0 Å². The van der Waals surface area contributed by atoms with E-state index in [9.17, 15) is 4.79 Å². The molecule has 0 aromatic heterocycles. The molecule has 0 bridgehead atoms. The average Bonchev–Trinajstić information content (AvgIpc) is 2.28. The molecular formula is C13H18N2O. The Balaban J connectivity index is 2.14. The second kappa shape index (κ2) is 4.66. The summed E-state index contributed by atoms with van der Waals surface area (Å²) in [5.74, 6) is -0.433. The molecule has 4 N–H and O–H groups in total. The van der Waals surface area contributed by atoms with Gasteiger partial charge in [-0.05, 0) is 48.8 Å². The number of hydrogen-bond acceptors (Lipinski definition) is 2. The van der Waals surface area contributed by atoms with Gasteiger partial charge in [0.1, 0.15) is 0 Å². The minimum atomic E-state index is -0.568. The summed E-state index contributed by atoms with van der Waals surface area (Å²) in [4.78, 5) is 10.9. The highest BCUT2D eigenvalue weighted by atomic mass is 16.1. The van der Waals surface area contributed by atoms with Crippen LogP contribution in [0.25, 0.3) is 0 Å². The Kier molecular flexibility index (Phi) is 3.25. The van der Waals surface area contributed by atoms with Crippen LogP contribution in [0.15, 0.2) is 18.2 Å². The van der Waals surface area contributed by atoms with E-state index >= 15 is 0 Å². The summed E-state index contributed by atoms with van der Waals surface area (Å²) < 4.78 is 0. The van der Waals surface area contributed by atoms with E-state index in [4.69, 9.17) is 11.5 Å². The number of fused-ring (bicyclic) bond motifs is 1. The van der Waals surface area contributed by atoms with Gasteiger partial charge >= 0.3 is 0 Å². The van der Waals surface area contributed by atoms with Crippen LogP contribution < -0.4 is 11.5 Å². The first-order valence-corrected chi connectivity index (χ1v) is 5.82. The zero-order valence-electron chi connectivity index (χ0n) is 9.41. The van der Waals surface area contributed by atoms with Crippen LogP contribution in [0.4, 0.5) is 0 Å². The summed E-state index contributed by atoms with van der Waals surface area (Å²) in [5.41, 5.74) is 14.8. The highest BCUT2D eigenvalue weighted by Crippen LogP contribution is 2.22. The zero-order chi connectivity index (χ0) is 11.5. The molecule has 3 heteroatoms. The Labute approximate surface area is 95.8 Å². The molecule has 0 spiro atoms. The van der Waals surface area contributed by atoms with Gasteiger partial charge in [0.2, 0.25) is 5.91 Å². The molecule has 1 unspecified atom stereocenters. The molecule has 2 rings (SSSR count). The van der Waals surface area contributed by atoms with Gasteiger partial charge in [-0.3, -0.25) is 4.79 Å². The van der Waals surface area contributed by atoms with Crippen molar-refractivity contribution in [2.24, 2.45) is 11.5 Å². The number of carbonyl (C=O) groups excluding carboxylic acids is 1. The Bertz CT molecular complexity index is 401. The van der Waals surface area contributed by atoms with Crippen LogP contribution in [0.1, 0.15) is 29.5 Å². The van der Waals surface area contributed by atoms with Crippen molar-refractivity contribution in [3.8, 4) is 0 Å². The molecule has 0 saturated heterocycles. The van der Waals surface area contributed by atoms with E-state index in [1.165, 1.54) is 30.4 Å². The molecule has 16 heavy (non-hydrogen) atoms. The van der Waals surface area contributed by atoms with Crippen molar-refractivity contribution in [1.29, 1.82) is 0 Å². The molecule has 1 atom stereocenters. The lowest BCUT2D eigenvalue weighted by Gasteiger charge is -2.17. The van der Waals surface area contributed by atoms with Gasteiger partial charge in [-0.2, -0.15) is 0 Å². The van der Waals surface area contributed by atoms with Gasteiger partial charge < -0.3 is 11.5 Å². The first-order chi connectivity index (χ1) is 7.66. The normalized spacial score (nSPS) is 16.6. The molecule has 1 aliphatic carbocycles. The van der Waals surface area contributed by atoms with E-state index in [-0.39, 0.29) is 0 Å². The minimum Gasteiger partial charge on any atom is -0.368 e. The van der Waals surface area contributed by atoms with Crippen molar-refractivity contribution in [3.05, 3.63) is 34.9 Å². The summed E-state index contributed by atoms with van der Waals surface area (Å²) in [7, 11) is 0. The Hall–Kier alpha value is -1.35. The number of amides is 1. The number of nitrogens with two attached hydrogens (primary N) is 2. The lowest BCUT2D eigenvalue weighted by molar-refractivity contribution is -0.119. The Morgan fingerprint density at radius 3 is 2.62 bits per heavy atom. The summed E-state index contributed by atoms with van der Waals surface area (Å²) in [5, 5.41) is 0. The predicted octanol–water partition coefficient (Wildman–Crippen LogP) is 0.921. The summed E-state index contributed by atoms with van der Waals surface area (Å²) in [6.45, 7) is 0. The lowest BCUT2D eigenvalue weighted by atomic mass is 9.89. The first-order valence-electron chi connectivity index (χ1n) is 5.82. The number of primary amides is 1. The molecule has 3 nitrogen and oxygen atoms in total. The molecule has 1 aromatic rings. The quantitative estimate of drug-likeness (QED) is 0.792. The summed E-state index contributed by atoms with van der Waals surface area (Å²) in [6.07, 6.45) is 5.42. The summed E-state index contributed by atoms with van der Waals surface area (Å²) >= 11 is 0. The van der Waals surface area contributed by atoms with Crippen LogP contribution in [-0.2, 0) is 24.1 Å². The second-order valence-electron chi connectivity index (χ2n) is 4.52. The molecule has 0 fully saturated rings. The zero-order valence-corrected chi connectivity index (χ0v) is 9.41. The van der Waals surface area contributed by atoms with Crippen LogP contribution in [0, 0.1) is 0 Å². The van der Waals surface area contributed by atoms with Gasteiger partial charge in [0.05, 0.1) is 6.04 Å². The van der Waals surface area contributed by atoms with Gasteiger partial charge in [0.25, 0.3) is 0 Å². The monoisotopic (exact) mass is 218 g/mol.